The van der Waals surface area contributed by atoms with Crippen molar-refractivity contribution in [1.29, 1.82) is 0 Å². The zero-order valence-corrected chi connectivity index (χ0v) is 16.5. The van der Waals surface area contributed by atoms with E-state index in [-0.39, 0.29) is 5.41 Å². The van der Waals surface area contributed by atoms with Crippen molar-refractivity contribution >= 4 is 0 Å². The van der Waals surface area contributed by atoms with Crippen LogP contribution < -0.4 is 0 Å². The van der Waals surface area contributed by atoms with Crippen LogP contribution in [-0.4, -0.2) is 75.9 Å². The van der Waals surface area contributed by atoms with Crippen molar-refractivity contribution in [2.75, 3.05) is 39.4 Å². The van der Waals surface area contributed by atoms with Crippen LogP contribution in [-0.2, 0) is 17.4 Å². The van der Waals surface area contributed by atoms with E-state index < -0.39 is 5.60 Å². The van der Waals surface area contributed by atoms with E-state index in [9.17, 15) is 5.11 Å². The topological polar surface area (TPSA) is 53.8 Å². The summed E-state index contributed by atoms with van der Waals surface area (Å²) in [6.07, 6.45) is 7.75. The van der Waals surface area contributed by atoms with Gasteiger partial charge in [-0.05, 0) is 31.1 Å². The predicted octanol–water partition coefficient (Wildman–Crippen LogP) is 1.59. The fourth-order valence-corrected chi connectivity index (χ4v) is 5.48. The van der Waals surface area contributed by atoms with Crippen LogP contribution in [0.15, 0.2) is 12.4 Å². The fourth-order valence-electron chi connectivity index (χ4n) is 5.48. The standard InChI is InChI=1S/C20H34N4O2/c1-19(2,14-23-8-10-26-11-9-23)15-24-16-4-5-17(24)13-20(25,12-16)18-21-6-7-22(18)3/h6-7,16-17,25H,4-5,8-15H2,1-3H3/t16-,17-/m1/s1. The van der Waals surface area contributed by atoms with Crippen molar-refractivity contribution < 1.29 is 9.84 Å². The SMILES string of the molecule is Cn1ccnc1C1(O)C[C@H]2CC[C@H](C1)N2CC(C)(C)CN1CCOCC1. The van der Waals surface area contributed by atoms with Gasteiger partial charge in [0.15, 0.2) is 0 Å². The third kappa shape index (κ3) is 3.57. The van der Waals surface area contributed by atoms with Gasteiger partial charge in [0.25, 0.3) is 0 Å². The fraction of sp³-hybridized carbons (Fsp3) is 0.850. The van der Waals surface area contributed by atoms with Gasteiger partial charge in [0, 0.05) is 57.7 Å². The van der Waals surface area contributed by atoms with Crippen molar-refractivity contribution in [2.45, 2.75) is 57.2 Å². The molecule has 0 spiro atoms. The van der Waals surface area contributed by atoms with Gasteiger partial charge in [-0.15, -0.1) is 0 Å². The Labute approximate surface area is 157 Å². The van der Waals surface area contributed by atoms with E-state index in [0.717, 1.165) is 58.1 Å². The van der Waals surface area contributed by atoms with E-state index in [1.807, 2.05) is 17.8 Å². The number of rotatable bonds is 5. The lowest BCUT2D eigenvalue weighted by atomic mass is 9.83. The van der Waals surface area contributed by atoms with Crippen molar-refractivity contribution in [2.24, 2.45) is 12.5 Å². The second-order valence-electron chi connectivity index (χ2n) is 9.41. The number of fused-ring (bicyclic) bond motifs is 2. The number of imidazole rings is 1. The second kappa shape index (κ2) is 6.89. The van der Waals surface area contributed by atoms with Crippen LogP contribution in [0.1, 0.15) is 45.4 Å². The molecule has 6 nitrogen and oxygen atoms in total. The Morgan fingerprint density at radius 1 is 1.19 bits per heavy atom. The Balaban J connectivity index is 1.42. The highest BCUT2D eigenvalue weighted by atomic mass is 16.5. The quantitative estimate of drug-likeness (QED) is 0.862. The molecule has 1 aromatic heterocycles. The molecule has 0 aliphatic carbocycles. The molecule has 3 aliphatic heterocycles. The number of hydrogen-bond donors (Lipinski definition) is 1. The van der Waals surface area contributed by atoms with Crippen LogP contribution in [0.4, 0.5) is 0 Å². The highest BCUT2D eigenvalue weighted by molar-refractivity contribution is 5.12. The van der Waals surface area contributed by atoms with Crippen molar-refractivity contribution in [3.8, 4) is 0 Å². The van der Waals surface area contributed by atoms with Gasteiger partial charge in [-0.2, -0.15) is 0 Å². The van der Waals surface area contributed by atoms with Gasteiger partial charge in [-0.25, -0.2) is 4.98 Å². The number of piperidine rings is 1. The number of aliphatic hydroxyl groups is 1. The van der Waals surface area contributed by atoms with Gasteiger partial charge in [0.1, 0.15) is 11.4 Å². The molecule has 3 saturated heterocycles. The van der Waals surface area contributed by atoms with E-state index in [2.05, 4.69) is 28.6 Å². The maximum atomic E-state index is 11.3. The molecule has 146 valence electrons. The Bertz CT molecular complexity index is 609. The van der Waals surface area contributed by atoms with Gasteiger partial charge in [0.2, 0.25) is 0 Å². The van der Waals surface area contributed by atoms with E-state index in [4.69, 9.17) is 4.74 Å². The van der Waals surface area contributed by atoms with Crippen LogP contribution in [0, 0.1) is 5.41 Å². The highest BCUT2D eigenvalue weighted by Gasteiger charge is 2.50. The van der Waals surface area contributed by atoms with E-state index in [1.54, 1.807) is 6.20 Å². The first-order chi connectivity index (χ1) is 12.4. The molecule has 4 rings (SSSR count). The molecule has 0 radical (unpaired) electrons. The molecule has 3 aliphatic rings. The minimum Gasteiger partial charge on any atom is -0.382 e. The number of nitrogens with zero attached hydrogens (tertiary/aromatic N) is 4. The zero-order valence-electron chi connectivity index (χ0n) is 16.5. The number of ether oxygens (including phenoxy) is 1. The van der Waals surface area contributed by atoms with Crippen molar-refractivity contribution in [3.05, 3.63) is 18.2 Å². The normalized spacial score (nSPS) is 33.7. The summed E-state index contributed by atoms with van der Waals surface area (Å²) in [5.41, 5.74) is -0.522. The van der Waals surface area contributed by atoms with Crippen molar-refractivity contribution in [1.82, 2.24) is 19.4 Å². The summed E-state index contributed by atoms with van der Waals surface area (Å²) < 4.78 is 7.47. The summed E-state index contributed by atoms with van der Waals surface area (Å²) in [6.45, 7) is 10.8. The first-order valence-corrected chi connectivity index (χ1v) is 10.1. The average molecular weight is 363 g/mol. The largest absolute Gasteiger partial charge is 0.382 e. The summed E-state index contributed by atoms with van der Waals surface area (Å²) in [5, 5.41) is 11.3. The van der Waals surface area contributed by atoms with Crippen LogP contribution in [0.3, 0.4) is 0 Å². The van der Waals surface area contributed by atoms with E-state index in [1.165, 1.54) is 12.8 Å². The molecule has 0 saturated carbocycles. The molecule has 4 heterocycles. The van der Waals surface area contributed by atoms with Crippen LogP contribution in [0.2, 0.25) is 0 Å². The summed E-state index contributed by atoms with van der Waals surface area (Å²) in [7, 11) is 1.99. The summed E-state index contributed by atoms with van der Waals surface area (Å²) in [5.74, 6) is 0.835. The van der Waals surface area contributed by atoms with E-state index in [0.29, 0.717) is 12.1 Å². The predicted molar refractivity (Wildman–Crippen MR) is 101 cm³/mol. The Morgan fingerprint density at radius 3 is 2.42 bits per heavy atom. The van der Waals surface area contributed by atoms with Crippen LogP contribution in [0.5, 0.6) is 0 Å². The van der Waals surface area contributed by atoms with Gasteiger partial charge in [0.05, 0.1) is 13.2 Å². The molecule has 26 heavy (non-hydrogen) atoms. The molecule has 2 bridgehead atoms. The van der Waals surface area contributed by atoms with Gasteiger partial charge in [-0.3, -0.25) is 9.80 Å². The lowest BCUT2D eigenvalue weighted by Gasteiger charge is -2.47. The third-order valence-electron chi connectivity index (χ3n) is 6.52. The monoisotopic (exact) mass is 362 g/mol. The first-order valence-electron chi connectivity index (χ1n) is 10.1. The minimum absolute atomic E-state index is 0.247. The Morgan fingerprint density at radius 2 is 1.85 bits per heavy atom. The first kappa shape index (κ1) is 18.4. The van der Waals surface area contributed by atoms with Gasteiger partial charge >= 0.3 is 0 Å². The average Bonchev–Trinajstić information content (AvgIpc) is 3.10. The van der Waals surface area contributed by atoms with Crippen LogP contribution >= 0.6 is 0 Å². The molecule has 0 aromatic carbocycles. The molecule has 2 atom stereocenters. The minimum atomic E-state index is -0.769. The van der Waals surface area contributed by atoms with Crippen LogP contribution in [0.25, 0.3) is 0 Å². The molecule has 0 unspecified atom stereocenters. The Hall–Kier alpha value is -0.950. The Kier molecular flexibility index (Phi) is 4.88. The lowest BCUT2D eigenvalue weighted by Crippen LogP contribution is -2.54. The molecular formula is C20H34N4O2. The number of aryl methyl sites for hydroxylation is 1. The number of morpholine rings is 1. The van der Waals surface area contributed by atoms with E-state index >= 15 is 0 Å². The maximum absolute atomic E-state index is 11.3. The molecular weight excluding hydrogens is 328 g/mol. The summed E-state index contributed by atoms with van der Waals surface area (Å²) in [4.78, 5) is 9.69. The zero-order chi connectivity index (χ0) is 18.4. The van der Waals surface area contributed by atoms with Gasteiger partial charge < -0.3 is 14.4 Å². The second-order valence-corrected chi connectivity index (χ2v) is 9.41. The van der Waals surface area contributed by atoms with Gasteiger partial charge in [-0.1, -0.05) is 13.8 Å². The van der Waals surface area contributed by atoms with Crippen molar-refractivity contribution in [3.63, 3.8) is 0 Å². The molecule has 6 heteroatoms. The third-order valence-corrected chi connectivity index (χ3v) is 6.52. The molecule has 1 aromatic rings. The maximum Gasteiger partial charge on any atom is 0.140 e. The smallest absolute Gasteiger partial charge is 0.140 e. The lowest BCUT2D eigenvalue weighted by molar-refractivity contribution is -0.0753. The molecule has 3 fully saturated rings. The molecule has 1 N–H and O–H groups in total. The highest BCUT2D eigenvalue weighted by Crippen LogP contribution is 2.46. The number of hydrogen-bond acceptors (Lipinski definition) is 5. The summed E-state index contributed by atoms with van der Waals surface area (Å²) >= 11 is 0. The number of aromatic nitrogens is 2. The summed E-state index contributed by atoms with van der Waals surface area (Å²) in [6, 6.07) is 0.943. The molecule has 0 amide bonds.